The zero-order valence-corrected chi connectivity index (χ0v) is 13.8. The van der Waals surface area contributed by atoms with E-state index in [4.69, 9.17) is 4.74 Å². The number of rotatable bonds is 1. The number of hydrogen-bond donors (Lipinski definition) is 2. The van der Waals surface area contributed by atoms with Crippen molar-refractivity contribution in [1.29, 1.82) is 0 Å². The highest BCUT2D eigenvalue weighted by atomic mass is 16.6. The predicted molar refractivity (Wildman–Crippen MR) is 87.0 cm³/mol. The first-order chi connectivity index (χ1) is 9.56. The second-order valence-corrected chi connectivity index (χ2v) is 7.54. The monoisotopic (exact) mass is 290 g/mol. The van der Waals surface area contributed by atoms with Gasteiger partial charge in [0.15, 0.2) is 0 Å². The van der Waals surface area contributed by atoms with Crippen molar-refractivity contribution >= 4 is 17.5 Å². The van der Waals surface area contributed by atoms with E-state index < -0.39 is 11.7 Å². The molecule has 1 heterocycles. The van der Waals surface area contributed by atoms with Crippen LogP contribution in [0, 0.1) is 0 Å². The number of ether oxygens (including phenoxy) is 1. The van der Waals surface area contributed by atoms with E-state index in [2.05, 4.69) is 37.5 Å². The Balaban J connectivity index is 2.16. The third kappa shape index (κ3) is 4.13. The minimum Gasteiger partial charge on any atom is -0.444 e. The van der Waals surface area contributed by atoms with Gasteiger partial charge in [-0.05, 0) is 64.7 Å². The summed E-state index contributed by atoms with van der Waals surface area (Å²) in [5, 5.41) is 6.33. The van der Waals surface area contributed by atoms with E-state index in [0.717, 1.165) is 17.8 Å². The van der Waals surface area contributed by atoms with Crippen LogP contribution in [-0.4, -0.2) is 17.2 Å². The first-order valence-corrected chi connectivity index (χ1v) is 7.48. The average molecular weight is 290 g/mol. The Morgan fingerprint density at radius 1 is 1.38 bits per heavy atom. The molecule has 1 amide bonds. The average Bonchev–Trinajstić information content (AvgIpc) is 2.23. The van der Waals surface area contributed by atoms with Gasteiger partial charge in [0.25, 0.3) is 0 Å². The van der Waals surface area contributed by atoms with Gasteiger partial charge in [-0.25, -0.2) is 4.79 Å². The second kappa shape index (κ2) is 5.24. The predicted octanol–water partition coefficient (Wildman–Crippen LogP) is 4.73. The Labute approximate surface area is 127 Å². The zero-order chi connectivity index (χ0) is 15.8. The molecule has 2 rings (SSSR count). The number of fused-ring (bicyclic) bond motifs is 1. The van der Waals surface area contributed by atoms with Crippen LogP contribution in [0.2, 0.25) is 0 Å². The molecule has 4 nitrogen and oxygen atoms in total. The lowest BCUT2D eigenvalue weighted by molar-refractivity contribution is 0.0636. The molecule has 1 aliphatic heterocycles. The summed E-state index contributed by atoms with van der Waals surface area (Å²) >= 11 is 0. The lowest BCUT2D eigenvalue weighted by atomic mass is 9.82. The lowest BCUT2D eigenvalue weighted by Crippen LogP contribution is -2.36. The molecule has 21 heavy (non-hydrogen) atoms. The minimum absolute atomic E-state index is 0.0664. The van der Waals surface area contributed by atoms with Gasteiger partial charge in [-0.1, -0.05) is 13.0 Å². The van der Waals surface area contributed by atoms with Gasteiger partial charge in [0.1, 0.15) is 5.60 Å². The molecule has 1 atom stereocenters. The van der Waals surface area contributed by atoms with E-state index in [9.17, 15) is 4.79 Å². The quantitative estimate of drug-likeness (QED) is 0.786. The van der Waals surface area contributed by atoms with Gasteiger partial charge in [-0.15, -0.1) is 0 Å². The maximum atomic E-state index is 11.8. The van der Waals surface area contributed by atoms with Gasteiger partial charge in [0.2, 0.25) is 0 Å². The molecule has 0 spiro atoms. The molecule has 1 unspecified atom stereocenters. The fraction of sp³-hybridized carbons (Fsp3) is 0.588. The molecule has 0 fully saturated rings. The second-order valence-electron chi connectivity index (χ2n) is 7.54. The van der Waals surface area contributed by atoms with Crippen LogP contribution in [0.25, 0.3) is 0 Å². The molecular weight excluding hydrogens is 264 g/mol. The van der Waals surface area contributed by atoms with Crippen molar-refractivity contribution in [3.05, 3.63) is 23.8 Å². The number of hydrogen-bond acceptors (Lipinski definition) is 3. The minimum atomic E-state index is -0.493. The van der Waals surface area contributed by atoms with Crippen molar-refractivity contribution in [1.82, 2.24) is 0 Å². The summed E-state index contributed by atoms with van der Waals surface area (Å²) in [6, 6.07) is 5.99. The van der Waals surface area contributed by atoms with Crippen molar-refractivity contribution in [3.63, 3.8) is 0 Å². The number of amides is 1. The Kier molecular flexibility index (Phi) is 3.91. The largest absolute Gasteiger partial charge is 0.444 e. The van der Waals surface area contributed by atoms with E-state index in [1.165, 1.54) is 5.56 Å². The van der Waals surface area contributed by atoms with E-state index in [-0.39, 0.29) is 5.54 Å². The van der Waals surface area contributed by atoms with Crippen LogP contribution in [0.15, 0.2) is 18.2 Å². The van der Waals surface area contributed by atoms with E-state index in [1.807, 2.05) is 32.9 Å². The number of carbonyl (C=O) groups is 1. The SMILES string of the molecule is CC1CC(C)(C)Nc2cc(NC(=O)OC(C)(C)C)ccc21. The normalized spacial score (nSPS) is 20.2. The molecule has 116 valence electrons. The highest BCUT2D eigenvalue weighted by Crippen LogP contribution is 2.39. The van der Waals surface area contributed by atoms with Crippen molar-refractivity contribution in [3.8, 4) is 0 Å². The molecule has 0 saturated carbocycles. The smallest absolute Gasteiger partial charge is 0.412 e. The first kappa shape index (κ1) is 15.7. The summed E-state index contributed by atoms with van der Waals surface area (Å²) < 4.78 is 5.28. The summed E-state index contributed by atoms with van der Waals surface area (Å²) in [7, 11) is 0. The number of benzene rings is 1. The molecule has 1 aliphatic rings. The van der Waals surface area contributed by atoms with Gasteiger partial charge >= 0.3 is 6.09 Å². The summed E-state index contributed by atoms with van der Waals surface area (Å²) in [4.78, 5) is 11.8. The van der Waals surface area contributed by atoms with Crippen LogP contribution in [-0.2, 0) is 4.74 Å². The number of carbonyl (C=O) groups excluding carboxylic acids is 1. The molecule has 4 heteroatoms. The van der Waals surface area contributed by atoms with Gasteiger partial charge in [0.05, 0.1) is 0 Å². The molecule has 0 radical (unpaired) electrons. The molecule has 1 aromatic carbocycles. The highest BCUT2D eigenvalue weighted by Gasteiger charge is 2.29. The molecular formula is C17H26N2O2. The summed E-state index contributed by atoms with van der Waals surface area (Å²) in [6.45, 7) is 12.2. The molecule has 0 aromatic heterocycles. The van der Waals surface area contributed by atoms with Crippen LogP contribution in [0.1, 0.15) is 59.4 Å². The maximum Gasteiger partial charge on any atom is 0.412 e. The van der Waals surface area contributed by atoms with Gasteiger partial charge < -0.3 is 10.1 Å². The standard InChI is InChI=1S/C17H26N2O2/c1-11-10-17(5,6)19-14-9-12(7-8-13(11)14)18-15(20)21-16(2,3)4/h7-9,11,19H,10H2,1-6H3,(H,18,20). The van der Waals surface area contributed by atoms with Gasteiger partial charge in [0, 0.05) is 16.9 Å². The topological polar surface area (TPSA) is 50.4 Å². The van der Waals surface area contributed by atoms with Gasteiger partial charge in [-0.3, -0.25) is 5.32 Å². The van der Waals surface area contributed by atoms with Crippen LogP contribution < -0.4 is 10.6 Å². The fourth-order valence-corrected chi connectivity index (χ4v) is 2.88. The number of nitrogens with one attached hydrogen (secondary N) is 2. The van der Waals surface area contributed by atoms with E-state index >= 15 is 0 Å². The third-order valence-corrected chi connectivity index (χ3v) is 3.52. The van der Waals surface area contributed by atoms with Crippen molar-refractivity contribution in [2.45, 2.75) is 65.0 Å². The van der Waals surface area contributed by atoms with Crippen molar-refractivity contribution < 1.29 is 9.53 Å². The molecule has 1 aromatic rings. The van der Waals surface area contributed by atoms with Crippen LogP contribution in [0.5, 0.6) is 0 Å². The Bertz CT molecular complexity index is 544. The van der Waals surface area contributed by atoms with E-state index in [1.54, 1.807) is 0 Å². The van der Waals surface area contributed by atoms with Crippen LogP contribution in [0.3, 0.4) is 0 Å². The summed E-state index contributed by atoms with van der Waals surface area (Å²) in [5.41, 5.74) is 2.71. The summed E-state index contributed by atoms with van der Waals surface area (Å²) in [6.07, 6.45) is 0.671. The lowest BCUT2D eigenvalue weighted by Gasteiger charge is -2.37. The van der Waals surface area contributed by atoms with Crippen LogP contribution >= 0.6 is 0 Å². The molecule has 0 saturated heterocycles. The van der Waals surface area contributed by atoms with Crippen molar-refractivity contribution in [2.24, 2.45) is 0 Å². The molecule has 2 N–H and O–H groups in total. The van der Waals surface area contributed by atoms with Crippen LogP contribution in [0.4, 0.5) is 16.2 Å². The maximum absolute atomic E-state index is 11.8. The van der Waals surface area contributed by atoms with Gasteiger partial charge in [-0.2, -0.15) is 0 Å². The molecule has 0 aliphatic carbocycles. The third-order valence-electron chi connectivity index (χ3n) is 3.52. The zero-order valence-electron chi connectivity index (χ0n) is 13.8. The Morgan fingerprint density at radius 3 is 2.67 bits per heavy atom. The first-order valence-electron chi connectivity index (χ1n) is 7.48. The fourth-order valence-electron chi connectivity index (χ4n) is 2.88. The Morgan fingerprint density at radius 2 is 2.05 bits per heavy atom. The number of anilines is 2. The van der Waals surface area contributed by atoms with E-state index in [0.29, 0.717) is 5.92 Å². The molecule has 0 bridgehead atoms. The van der Waals surface area contributed by atoms with Crippen molar-refractivity contribution in [2.75, 3.05) is 10.6 Å². The summed E-state index contributed by atoms with van der Waals surface area (Å²) in [5.74, 6) is 0.506. The Hall–Kier alpha value is -1.71. The highest BCUT2D eigenvalue weighted by molar-refractivity contribution is 5.86.